The molecule has 1 N–H and O–H groups in total. The fourth-order valence-electron chi connectivity index (χ4n) is 3.22. The van der Waals surface area contributed by atoms with Gasteiger partial charge < -0.3 is 18.7 Å². The maximum atomic E-state index is 5.61. The molecule has 132 valence electrons. The van der Waals surface area contributed by atoms with E-state index in [4.69, 9.17) is 8.83 Å². The van der Waals surface area contributed by atoms with Gasteiger partial charge in [-0.3, -0.25) is 0 Å². The van der Waals surface area contributed by atoms with Crippen molar-refractivity contribution in [3.63, 3.8) is 0 Å². The number of aromatic nitrogens is 5. The van der Waals surface area contributed by atoms with Gasteiger partial charge in [-0.1, -0.05) is 13.8 Å². The van der Waals surface area contributed by atoms with E-state index in [1.54, 1.807) is 18.4 Å². The van der Waals surface area contributed by atoms with Crippen molar-refractivity contribution in [2.75, 3.05) is 6.54 Å². The minimum atomic E-state index is 0.395. The highest BCUT2D eigenvalue weighted by atomic mass is 16.4. The van der Waals surface area contributed by atoms with Gasteiger partial charge in [-0.15, -0.1) is 20.4 Å². The predicted octanol–water partition coefficient (Wildman–Crippen LogP) is 2.40. The van der Waals surface area contributed by atoms with Gasteiger partial charge in [0.05, 0.1) is 12.8 Å². The van der Waals surface area contributed by atoms with Gasteiger partial charge in [0.1, 0.15) is 11.6 Å². The fraction of sp³-hybridized carbons (Fsp3) is 0.529. The molecule has 0 unspecified atom stereocenters. The number of hydrogen-bond donors (Lipinski definition) is 1. The molecule has 8 heteroatoms. The molecule has 1 atom stereocenters. The first-order valence-electron chi connectivity index (χ1n) is 8.69. The molecule has 0 bridgehead atoms. The molecular formula is C17H22N6O2. The zero-order chi connectivity index (χ0) is 17.2. The number of aryl methyl sites for hydroxylation is 1. The molecule has 0 amide bonds. The Morgan fingerprint density at radius 3 is 3.00 bits per heavy atom. The van der Waals surface area contributed by atoms with Gasteiger partial charge in [0.2, 0.25) is 5.89 Å². The molecule has 3 aromatic rings. The van der Waals surface area contributed by atoms with E-state index in [1.807, 2.05) is 0 Å². The van der Waals surface area contributed by atoms with Crippen molar-refractivity contribution in [3.8, 4) is 11.7 Å². The van der Waals surface area contributed by atoms with E-state index in [-0.39, 0.29) is 0 Å². The van der Waals surface area contributed by atoms with Crippen LogP contribution >= 0.6 is 0 Å². The lowest BCUT2D eigenvalue weighted by Crippen LogP contribution is -2.30. The van der Waals surface area contributed by atoms with Crippen LogP contribution in [0.5, 0.6) is 0 Å². The summed E-state index contributed by atoms with van der Waals surface area (Å²) in [5, 5.41) is 20.1. The largest absolute Gasteiger partial charge is 0.459 e. The van der Waals surface area contributed by atoms with E-state index >= 15 is 0 Å². The molecule has 4 rings (SSSR count). The number of nitrogens with one attached hydrogen (secondary N) is 1. The van der Waals surface area contributed by atoms with Crippen LogP contribution in [0.4, 0.5) is 0 Å². The minimum absolute atomic E-state index is 0.395. The number of hydrogen-bond acceptors (Lipinski definition) is 7. The summed E-state index contributed by atoms with van der Waals surface area (Å²) in [6, 6.07) is 3.60. The van der Waals surface area contributed by atoms with Gasteiger partial charge >= 0.3 is 0 Å². The molecule has 1 aliphatic heterocycles. The Balaban J connectivity index is 1.31. The van der Waals surface area contributed by atoms with Crippen molar-refractivity contribution in [1.82, 2.24) is 30.3 Å². The summed E-state index contributed by atoms with van der Waals surface area (Å²) in [6.45, 7) is 6.73. The van der Waals surface area contributed by atoms with E-state index < -0.39 is 0 Å². The normalized spacial score (nSPS) is 17.2. The molecule has 4 heterocycles. The molecule has 0 aromatic carbocycles. The van der Waals surface area contributed by atoms with Crippen LogP contribution in [0.3, 0.4) is 0 Å². The second-order valence-electron chi connectivity index (χ2n) is 6.75. The van der Waals surface area contributed by atoms with Gasteiger partial charge in [0, 0.05) is 25.4 Å². The second kappa shape index (κ2) is 6.79. The third kappa shape index (κ3) is 3.34. The standard InChI is InChI=1S/C17H22N6O2/c1-11(2)16-21-19-14-6-5-12(10-23(14)16)8-18-9-15-20-22-17(25-15)13-4-3-7-24-13/h3-4,7,11-12,18H,5-6,8-10H2,1-2H3/t12-/m0/s1. The maximum Gasteiger partial charge on any atom is 0.283 e. The van der Waals surface area contributed by atoms with Crippen LogP contribution in [0.1, 0.15) is 43.7 Å². The Kier molecular flexibility index (Phi) is 4.35. The second-order valence-corrected chi connectivity index (χ2v) is 6.75. The summed E-state index contributed by atoms with van der Waals surface area (Å²) in [5.41, 5.74) is 0. The van der Waals surface area contributed by atoms with Crippen LogP contribution in [0.15, 0.2) is 27.2 Å². The number of rotatable bonds is 6. The third-order valence-corrected chi connectivity index (χ3v) is 4.50. The summed E-state index contributed by atoms with van der Waals surface area (Å²) < 4.78 is 13.1. The zero-order valence-corrected chi connectivity index (χ0v) is 14.5. The lowest BCUT2D eigenvalue weighted by Gasteiger charge is -2.25. The van der Waals surface area contributed by atoms with Crippen LogP contribution in [0.25, 0.3) is 11.7 Å². The average molecular weight is 342 g/mol. The van der Waals surface area contributed by atoms with Crippen molar-refractivity contribution in [1.29, 1.82) is 0 Å². The van der Waals surface area contributed by atoms with E-state index in [2.05, 4.69) is 44.1 Å². The smallest absolute Gasteiger partial charge is 0.283 e. The third-order valence-electron chi connectivity index (χ3n) is 4.50. The lowest BCUT2D eigenvalue weighted by molar-refractivity contribution is 0.333. The summed E-state index contributed by atoms with van der Waals surface area (Å²) in [5.74, 6) is 4.71. The molecule has 8 nitrogen and oxygen atoms in total. The number of nitrogens with zero attached hydrogens (tertiary/aromatic N) is 5. The molecule has 25 heavy (non-hydrogen) atoms. The minimum Gasteiger partial charge on any atom is -0.459 e. The molecule has 0 saturated carbocycles. The highest BCUT2D eigenvalue weighted by molar-refractivity contribution is 5.42. The molecule has 0 aliphatic carbocycles. The molecule has 0 radical (unpaired) electrons. The summed E-state index contributed by atoms with van der Waals surface area (Å²) in [4.78, 5) is 0. The quantitative estimate of drug-likeness (QED) is 0.735. The van der Waals surface area contributed by atoms with Crippen LogP contribution in [-0.4, -0.2) is 31.5 Å². The molecule has 0 fully saturated rings. The predicted molar refractivity (Wildman–Crippen MR) is 89.6 cm³/mol. The van der Waals surface area contributed by atoms with Crippen molar-refractivity contribution in [2.45, 2.75) is 45.7 Å². The zero-order valence-electron chi connectivity index (χ0n) is 14.5. The highest BCUT2D eigenvalue weighted by Crippen LogP contribution is 2.23. The molecule has 1 aliphatic rings. The molecule has 3 aromatic heterocycles. The Morgan fingerprint density at radius 2 is 2.20 bits per heavy atom. The Bertz CT molecular complexity index is 820. The molecule has 0 saturated heterocycles. The van der Waals surface area contributed by atoms with Crippen molar-refractivity contribution in [2.24, 2.45) is 5.92 Å². The monoisotopic (exact) mass is 342 g/mol. The topological polar surface area (TPSA) is 94.8 Å². The summed E-state index contributed by atoms with van der Waals surface area (Å²) in [6.07, 6.45) is 3.69. The fourth-order valence-corrected chi connectivity index (χ4v) is 3.22. The summed E-state index contributed by atoms with van der Waals surface area (Å²) in [7, 11) is 0. The Hall–Kier alpha value is -2.48. The van der Waals surface area contributed by atoms with Crippen LogP contribution in [0, 0.1) is 5.92 Å². The van der Waals surface area contributed by atoms with Crippen LogP contribution in [0.2, 0.25) is 0 Å². The Morgan fingerprint density at radius 1 is 1.28 bits per heavy atom. The van der Waals surface area contributed by atoms with Crippen LogP contribution in [-0.2, 0) is 19.5 Å². The lowest BCUT2D eigenvalue weighted by atomic mass is 9.98. The van der Waals surface area contributed by atoms with E-state index in [0.29, 0.717) is 35.9 Å². The summed E-state index contributed by atoms with van der Waals surface area (Å²) >= 11 is 0. The Labute approximate surface area is 145 Å². The first-order chi connectivity index (χ1) is 12.2. The van der Waals surface area contributed by atoms with Crippen LogP contribution < -0.4 is 5.32 Å². The van der Waals surface area contributed by atoms with Gasteiger partial charge in [0.25, 0.3) is 5.89 Å². The van der Waals surface area contributed by atoms with Crippen molar-refractivity contribution < 1.29 is 8.83 Å². The van der Waals surface area contributed by atoms with Gasteiger partial charge in [-0.05, 0) is 24.5 Å². The first kappa shape index (κ1) is 16.0. The van der Waals surface area contributed by atoms with E-state index in [0.717, 1.165) is 37.6 Å². The van der Waals surface area contributed by atoms with Crippen molar-refractivity contribution in [3.05, 3.63) is 35.9 Å². The maximum absolute atomic E-state index is 5.61. The van der Waals surface area contributed by atoms with Gasteiger partial charge in [-0.2, -0.15) is 0 Å². The van der Waals surface area contributed by atoms with Gasteiger partial charge in [0.15, 0.2) is 5.76 Å². The first-order valence-corrected chi connectivity index (χ1v) is 8.69. The highest BCUT2D eigenvalue weighted by Gasteiger charge is 2.23. The van der Waals surface area contributed by atoms with E-state index in [9.17, 15) is 0 Å². The number of fused-ring (bicyclic) bond motifs is 1. The van der Waals surface area contributed by atoms with E-state index in [1.165, 1.54) is 0 Å². The molecular weight excluding hydrogens is 320 g/mol. The van der Waals surface area contributed by atoms with Crippen molar-refractivity contribution >= 4 is 0 Å². The average Bonchev–Trinajstić information content (AvgIpc) is 3.34. The SMILES string of the molecule is CC(C)c1nnc2n1C[C@H](CNCc1nnc(-c3ccco3)o1)CC2. The molecule has 0 spiro atoms. The number of furan rings is 1. The van der Waals surface area contributed by atoms with Gasteiger partial charge in [-0.25, -0.2) is 0 Å².